The van der Waals surface area contributed by atoms with E-state index in [1.54, 1.807) is 4.90 Å². The second-order valence-corrected chi connectivity index (χ2v) is 7.86. The van der Waals surface area contributed by atoms with Crippen LogP contribution in [0.25, 0.3) is 11.0 Å². The standard InChI is InChI=1S/C22H26N4O/c1-15-8-7-11-18-20(15)24-19(23-18)14-26(4)21(27)22(25(2)3)12-16-9-5-6-10-17(16)13-22/h5-11H,12-14H2,1-4H3,(H,23,24). The number of carbonyl (C=O) groups excluding carboxylic acids is 1. The number of para-hydroxylation sites is 1. The number of rotatable bonds is 4. The molecule has 0 radical (unpaired) electrons. The Bertz CT molecular complexity index is 979. The summed E-state index contributed by atoms with van der Waals surface area (Å²) in [6.45, 7) is 2.53. The van der Waals surface area contributed by atoms with Gasteiger partial charge in [-0.25, -0.2) is 4.98 Å². The summed E-state index contributed by atoms with van der Waals surface area (Å²) in [5.41, 5.74) is 5.14. The number of H-pyrrole nitrogens is 1. The van der Waals surface area contributed by atoms with Crippen molar-refractivity contribution in [3.05, 3.63) is 65.0 Å². The predicted molar refractivity (Wildman–Crippen MR) is 108 cm³/mol. The highest BCUT2D eigenvalue weighted by Crippen LogP contribution is 2.35. The molecule has 1 amide bonds. The normalized spacial score (nSPS) is 15.3. The highest BCUT2D eigenvalue weighted by atomic mass is 16.2. The largest absolute Gasteiger partial charge is 0.340 e. The lowest BCUT2D eigenvalue weighted by molar-refractivity contribution is -0.142. The van der Waals surface area contributed by atoms with Crippen LogP contribution in [-0.4, -0.2) is 52.4 Å². The van der Waals surface area contributed by atoms with Crippen molar-refractivity contribution in [2.75, 3.05) is 21.1 Å². The van der Waals surface area contributed by atoms with E-state index in [-0.39, 0.29) is 5.91 Å². The first-order chi connectivity index (χ1) is 12.9. The Labute approximate surface area is 160 Å². The molecule has 0 saturated heterocycles. The van der Waals surface area contributed by atoms with Crippen LogP contribution in [0, 0.1) is 6.92 Å². The van der Waals surface area contributed by atoms with Crippen LogP contribution in [0.1, 0.15) is 22.5 Å². The van der Waals surface area contributed by atoms with Crippen LogP contribution in [0.3, 0.4) is 0 Å². The van der Waals surface area contributed by atoms with Crippen molar-refractivity contribution in [1.82, 2.24) is 19.8 Å². The van der Waals surface area contributed by atoms with Gasteiger partial charge in [-0.2, -0.15) is 0 Å². The maximum atomic E-state index is 13.5. The highest BCUT2D eigenvalue weighted by molar-refractivity contribution is 5.88. The summed E-state index contributed by atoms with van der Waals surface area (Å²) >= 11 is 0. The second kappa shape index (κ2) is 6.50. The third-order valence-corrected chi connectivity index (χ3v) is 5.84. The number of aromatic nitrogens is 2. The molecular weight excluding hydrogens is 336 g/mol. The van der Waals surface area contributed by atoms with E-state index in [9.17, 15) is 4.79 Å². The van der Waals surface area contributed by atoms with E-state index < -0.39 is 5.54 Å². The molecular formula is C22H26N4O. The average molecular weight is 362 g/mol. The number of likely N-dealkylation sites (N-methyl/N-ethyl adjacent to an activating group) is 2. The molecule has 1 aliphatic rings. The topological polar surface area (TPSA) is 52.2 Å². The third kappa shape index (κ3) is 2.92. The Morgan fingerprint density at radius 1 is 1.07 bits per heavy atom. The zero-order valence-corrected chi connectivity index (χ0v) is 16.4. The van der Waals surface area contributed by atoms with Gasteiger partial charge in [0.25, 0.3) is 0 Å². The molecule has 0 unspecified atom stereocenters. The van der Waals surface area contributed by atoms with Gasteiger partial charge in [0, 0.05) is 19.9 Å². The van der Waals surface area contributed by atoms with Crippen LogP contribution < -0.4 is 0 Å². The van der Waals surface area contributed by atoms with E-state index in [4.69, 9.17) is 4.98 Å². The highest BCUT2D eigenvalue weighted by Gasteiger charge is 2.47. The third-order valence-electron chi connectivity index (χ3n) is 5.84. The van der Waals surface area contributed by atoms with Gasteiger partial charge in [0.2, 0.25) is 5.91 Å². The van der Waals surface area contributed by atoms with Crippen molar-refractivity contribution >= 4 is 16.9 Å². The number of hydrogen-bond donors (Lipinski definition) is 1. The molecule has 140 valence electrons. The summed E-state index contributed by atoms with van der Waals surface area (Å²) in [5.74, 6) is 0.959. The molecule has 5 nitrogen and oxygen atoms in total. The molecule has 27 heavy (non-hydrogen) atoms. The number of nitrogens with one attached hydrogen (secondary N) is 1. The van der Waals surface area contributed by atoms with E-state index >= 15 is 0 Å². The first kappa shape index (κ1) is 17.7. The number of imidazole rings is 1. The molecule has 0 bridgehead atoms. The maximum Gasteiger partial charge on any atom is 0.243 e. The fourth-order valence-electron chi connectivity index (χ4n) is 4.21. The van der Waals surface area contributed by atoms with E-state index in [2.05, 4.69) is 47.1 Å². The molecule has 5 heteroatoms. The molecule has 0 fully saturated rings. The van der Waals surface area contributed by atoms with E-state index in [0.717, 1.165) is 35.3 Å². The number of carbonyl (C=O) groups is 1. The molecule has 4 rings (SSSR count). The average Bonchev–Trinajstić information content (AvgIpc) is 3.23. The molecule has 1 aromatic heterocycles. The summed E-state index contributed by atoms with van der Waals surface area (Å²) in [7, 11) is 5.88. The van der Waals surface area contributed by atoms with Gasteiger partial charge in [-0.1, -0.05) is 36.4 Å². The number of hydrogen-bond acceptors (Lipinski definition) is 3. The molecule has 0 spiro atoms. The number of aromatic amines is 1. The van der Waals surface area contributed by atoms with Crippen LogP contribution in [0.2, 0.25) is 0 Å². The first-order valence-electron chi connectivity index (χ1n) is 9.35. The van der Waals surface area contributed by atoms with Gasteiger partial charge >= 0.3 is 0 Å². The van der Waals surface area contributed by atoms with Crippen LogP contribution in [0.4, 0.5) is 0 Å². The second-order valence-electron chi connectivity index (χ2n) is 7.86. The number of benzene rings is 2. The molecule has 1 N–H and O–H groups in total. The Hall–Kier alpha value is -2.66. The van der Waals surface area contributed by atoms with Crippen LogP contribution in [0.5, 0.6) is 0 Å². The van der Waals surface area contributed by atoms with Gasteiger partial charge < -0.3 is 9.88 Å². The number of nitrogens with zero attached hydrogens (tertiary/aromatic N) is 3. The molecule has 1 heterocycles. The maximum absolute atomic E-state index is 13.5. The van der Waals surface area contributed by atoms with Crippen molar-refractivity contribution in [3.63, 3.8) is 0 Å². The molecule has 3 aromatic rings. The number of aryl methyl sites for hydroxylation is 1. The molecule has 0 saturated carbocycles. The summed E-state index contributed by atoms with van der Waals surface area (Å²) in [4.78, 5) is 25.4. The quantitative estimate of drug-likeness (QED) is 0.776. The van der Waals surface area contributed by atoms with Gasteiger partial charge in [-0.05, 0) is 43.8 Å². The lowest BCUT2D eigenvalue weighted by Gasteiger charge is -2.37. The van der Waals surface area contributed by atoms with Gasteiger partial charge in [0.15, 0.2) is 0 Å². The molecule has 0 atom stereocenters. The Kier molecular flexibility index (Phi) is 4.27. The van der Waals surface area contributed by atoms with Crippen LogP contribution in [-0.2, 0) is 24.2 Å². The Balaban J connectivity index is 1.59. The fourth-order valence-corrected chi connectivity index (χ4v) is 4.21. The van der Waals surface area contributed by atoms with Crippen molar-refractivity contribution in [2.24, 2.45) is 0 Å². The van der Waals surface area contributed by atoms with Crippen LogP contribution >= 0.6 is 0 Å². The minimum absolute atomic E-state index is 0.140. The lowest BCUT2D eigenvalue weighted by atomic mass is 9.92. The Morgan fingerprint density at radius 3 is 2.33 bits per heavy atom. The van der Waals surface area contributed by atoms with E-state index in [1.807, 2.05) is 33.3 Å². The van der Waals surface area contributed by atoms with E-state index in [0.29, 0.717) is 6.54 Å². The zero-order valence-electron chi connectivity index (χ0n) is 16.4. The minimum Gasteiger partial charge on any atom is -0.340 e. The summed E-state index contributed by atoms with van der Waals surface area (Å²) in [6, 6.07) is 14.5. The van der Waals surface area contributed by atoms with Crippen molar-refractivity contribution < 1.29 is 4.79 Å². The number of fused-ring (bicyclic) bond motifs is 2. The number of amides is 1. The van der Waals surface area contributed by atoms with E-state index in [1.165, 1.54) is 11.1 Å². The Morgan fingerprint density at radius 2 is 1.74 bits per heavy atom. The van der Waals surface area contributed by atoms with Gasteiger partial charge in [0.1, 0.15) is 11.4 Å². The monoisotopic (exact) mass is 362 g/mol. The molecule has 1 aliphatic carbocycles. The molecule has 2 aromatic carbocycles. The summed E-state index contributed by atoms with van der Waals surface area (Å²) in [5, 5.41) is 0. The SMILES string of the molecule is Cc1cccc2[nH]c(CN(C)C(=O)C3(N(C)C)Cc4ccccc4C3)nc12. The van der Waals surface area contributed by atoms with Crippen molar-refractivity contribution in [2.45, 2.75) is 31.8 Å². The molecule has 0 aliphatic heterocycles. The van der Waals surface area contributed by atoms with Crippen molar-refractivity contribution in [3.8, 4) is 0 Å². The summed E-state index contributed by atoms with van der Waals surface area (Å²) in [6.07, 6.45) is 1.50. The zero-order chi connectivity index (χ0) is 19.2. The fraction of sp³-hybridized carbons (Fsp3) is 0.364. The van der Waals surface area contributed by atoms with Gasteiger partial charge in [-0.3, -0.25) is 9.69 Å². The van der Waals surface area contributed by atoms with Gasteiger partial charge in [-0.15, -0.1) is 0 Å². The predicted octanol–water partition coefficient (Wildman–Crippen LogP) is 2.93. The summed E-state index contributed by atoms with van der Waals surface area (Å²) < 4.78 is 0. The first-order valence-corrected chi connectivity index (χ1v) is 9.35. The lowest BCUT2D eigenvalue weighted by Crippen LogP contribution is -2.57. The van der Waals surface area contributed by atoms with Gasteiger partial charge in [0.05, 0.1) is 17.6 Å². The van der Waals surface area contributed by atoms with Crippen LogP contribution in [0.15, 0.2) is 42.5 Å². The van der Waals surface area contributed by atoms with Crippen molar-refractivity contribution in [1.29, 1.82) is 0 Å². The minimum atomic E-state index is -0.527. The smallest absolute Gasteiger partial charge is 0.243 e.